The summed E-state index contributed by atoms with van der Waals surface area (Å²) in [6.45, 7) is 2.11. The van der Waals surface area contributed by atoms with Crippen LogP contribution in [-0.4, -0.2) is 12.5 Å². The quantitative estimate of drug-likeness (QED) is 0.750. The smallest absolute Gasteiger partial charge is 0.262 e. The van der Waals surface area contributed by atoms with Crippen molar-refractivity contribution in [3.05, 3.63) is 21.3 Å². The van der Waals surface area contributed by atoms with Crippen LogP contribution in [0.2, 0.25) is 5.02 Å². The maximum atomic E-state index is 11.3. The molecule has 13 heavy (non-hydrogen) atoms. The monoisotopic (exact) mass is 213 g/mol. The molecule has 4 heteroatoms. The molecule has 0 aliphatic carbocycles. The molecule has 0 atom stereocenters. The minimum atomic E-state index is -0.125. The lowest BCUT2D eigenvalue weighted by molar-refractivity contribution is 0.0963. The van der Waals surface area contributed by atoms with Crippen LogP contribution in [0.1, 0.15) is 16.6 Å². The molecule has 0 aromatic carbocycles. The van der Waals surface area contributed by atoms with Gasteiger partial charge in [-0.15, -0.1) is 17.3 Å². The first-order chi connectivity index (χ1) is 6.24. The zero-order chi connectivity index (χ0) is 9.68. The molecule has 0 saturated heterocycles. The number of hydrogen-bond acceptors (Lipinski definition) is 2. The van der Waals surface area contributed by atoms with Gasteiger partial charge in [0.2, 0.25) is 0 Å². The first-order valence-electron chi connectivity index (χ1n) is 3.66. The van der Waals surface area contributed by atoms with Crippen molar-refractivity contribution in [3.8, 4) is 11.8 Å². The fourth-order valence-electron chi connectivity index (χ4n) is 0.732. The summed E-state index contributed by atoms with van der Waals surface area (Å²) in [4.78, 5) is 11.9. The lowest BCUT2D eigenvalue weighted by Crippen LogP contribution is -2.22. The van der Waals surface area contributed by atoms with Gasteiger partial charge in [-0.25, -0.2) is 0 Å². The Morgan fingerprint density at radius 2 is 2.54 bits per heavy atom. The number of halogens is 1. The SMILES string of the molecule is CC#CCNC(=O)c1cc(Cl)cs1. The Labute approximate surface area is 85.9 Å². The zero-order valence-electron chi connectivity index (χ0n) is 7.06. The van der Waals surface area contributed by atoms with Crippen LogP contribution in [0.5, 0.6) is 0 Å². The van der Waals surface area contributed by atoms with E-state index in [1.54, 1.807) is 18.4 Å². The lowest BCUT2D eigenvalue weighted by atomic mass is 10.4. The van der Waals surface area contributed by atoms with E-state index in [1.165, 1.54) is 11.3 Å². The second kappa shape index (κ2) is 4.90. The van der Waals surface area contributed by atoms with Gasteiger partial charge in [0.15, 0.2) is 0 Å². The first kappa shape index (κ1) is 10.1. The van der Waals surface area contributed by atoms with Crippen molar-refractivity contribution in [2.45, 2.75) is 6.92 Å². The highest BCUT2D eigenvalue weighted by atomic mass is 35.5. The van der Waals surface area contributed by atoms with Crippen LogP contribution in [0.15, 0.2) is 11.4 Å². The van der Waals surface area contributed by atoms with Crippen molar-refractivity contribution in [2.24, 2.45) is 0 Å². The van der Waals surface area contributed by atoms with Gasteiger partial charge in [-0.1, -0.05) is 17.5 Å². The molecule has 0 fully saturated rings. The average molecular weight is 214 g/mol. The summed E-state index contributed by atoms with van der Waals surface area (Å²) in [5, 5.41) is 4.97. The standard InChI is InChI=1S/C9H8ClNOS/c1-2-3-4-11-9(12)8-5-7(10)6-13-8/h5-6H,4H2,1H3,(H,11,12). The van der Waals surface area contributed by atoms with E-state index in [-0.39, 0.29) is 5.91 Å². The Kier molecular flexibility index (Phi) is 3.81. The van der Waals surface area contributed by atoms with Crippen LogP contribution in [0, 0.1) is 11.8 Å². The molecule has 68 valence electrons. The molecular formula is C9H8ClNOS. The van der Waals surface area contributed by atoms with Crippen LogP contribution in [-0.2, 0) is 0 Å². The first-order valence-corrected chi connectivity index (χ1v) is 4.91. The van der Waals surface area contributed by atoms with E-state index >= 15 is 0 Å². The van der Waals surface area contributed by atoms with Gasteiger partial charge in [-0.2, -0.15) is 0 Å². The highest BCUT2D eigenvalue weighted by Crippen LogP contribution is 2.18. The number of carbonyl (C=O) groups excluding carboxylic acids is 1. The minimum Gasteiger partial charge on any atom is -0.340 e. The van der Waals surface area contributed by atoms with Gasteiger partial charge in [0.05, 0.1) is 16.4 Å². The molecule has 0 aliphatic heterocycles. The van der Waals surface area contributed by atoms with E-state index in [2.05, 4.69) is 17.2 Å². The Bertz CT molecular complexity index is 361. The van der Waals surface area contributed by atoms with E-state index in [1.807, 2.05) is 0 Å². The summed E-state index contributed by atoms with van der Waals surface area (Å²) in [6.07, 6.45) is 0. The average Bonchev–Trinajstić information content (AvgIpc) is 2.52. The molecule has 0 bridgehead atoms. The summed E-state index contributed by atoms with van der Waals surface area (Å²) in [5.74, 6) is 5.31. The molecule has 2 nitrogen and oxygen atoms in total. The lowest BCUT2D eigenvalue weighted by Gasteiger charge is -1.95. The Morgan fingerprint density at radius 1 is 1.77 bits per heavy atom. The number of thiophene rings is 1. The summed E-state index contributed by atoms with van der Waals surface area (Å²) in [7, 11) is 0. The van der Waals surface area contributed by atoms with Gasteiger partial charge in [-0.3, -0.25) is 4.79 Å². The van der Waals surface area contributed by atoms with E-state index < -0.39 is 0 Å². The summed E-state index contributed by atoms with van der Waals surface area (Å²) >= 11 is 6.99. The molecule has 0 saturated carbocycles. The van der Waals surface area contributed by atoms with Crippen molar-refractivity contribution < 1.29 is 4.79 Å². The van der Waals surface area contributed by atoms with Crippen LogP contribution >= 0.6 is 22.9 Å². The van der Waals surface area contributed by atoms with Gasteiger partial charge in [0.25, 0.3) is 5.91 Å². The highest BCUT2D eigenvalue weighted by molar-refractivity contribution is 7.12. The number of nitrogens with one attached hydrogen (secondary N) is 1. The number of amides is 1. The molecule has 1 aromatic heterocycles. The van der Waals surface area contributed by atoms with Crippen LogP contribution in [0.4, 0.5) is 0 Å². The van der Waals surface area contributed by atoms with Gasteiger partial charge in [0, 0.05) is 5.38 Å². The normalized spacial score (nSPS) is 8.77. The minimum absolute atomic E-state index is 0.125. The summed E-state index contributed by atoms with van der Waals surface area (Å²) < 4.78 is 0. The Balaban J connectivity index is 2.52. The Hall–Kier alpha value is -0.980. The largest absolute Gasteiger partial charge is 0.340 e. The maximum Gasteiger partial charge on any atom is 0.262 e. The molecule has 0 spiro atoms. The van der Waals surface area contributed by atoms with E-state index in [9.17, 15) is 4.79 Å². The third kappa shape index (κ3) is 3.10. The van der Waals surface area contributed by atoms with Crippen LogP contribution < -0.4 is 5.32 Å². The molecule has 0 radical (unpaired) electrons. The molecule has 1 heterocycles. The van der Waals surface area contributed by atoms with E-state index in [4.69, 9.17) is 11.6 Å². The molecule has 1 N–H and O–H groups in total. The van der Waals surface area contributed by atoms with Crippen molar-refractivity contribution >= 4 is 28.8 Å². The third-order valence-corrected chi connectivity index (χ3v) is 2.58. The highest BCUT2D eigenvalue weighted by Gasteiger charge is 2.06. The van der Waals surface area contributed by atoms with E-state index in [0.29, 0.717) is 16.4 Å². The fraction of sp³-hybridized carbons (Fsp3) is 0.222. The molecule has 0 aliphatic rings. The second-order valence-corrected chi connectivity index (χ2v) is 3.59. The van der Waals surface area contributed by atoms with Crippen molar-refractivity contribution in [2.75, 3.05) is 6.54 Å². The molecule has 0 unspecified atom stereocenters. The Morgan fingerprint density at radius 3 is 3.08 bits per heavy atom. The van der Waals surface area contributed by atoms with Gasteiger partial charge in [-0.05, 0) is 13.0 Å². The van der Waals surface area contributed by atoms with Crippen LogP contribution in [0.25, 0.3) is 0 Å². The molecule has 1 amide bonds. The molecule has 1 rings (SSSR count). The molecule has 1 aromatic rings. The number of rotatable bonds is 2. The summed E-state index contributed by atoms with van der Waals surface area (Å²) in [5.41, 5.74) is 0. The van der Waals surface area contributed by atoms with Crippen molar-refractivity contribution in [1.82, 2.24) is 5.32 Å². The van der Waals surface area contributed by atoms with Crippen molar-refractivity contribution in [1.29, 1.82) is 0 Å². The third-order valence-electron chi connectivity index (χ3n) is 1.31. The zero-order valence-corrected chi connectivity index (χ0v) is 8.63. The molecular weight excluding hydrogens is 206 g/mol. The number of carbonyl (C=O) groups is 1. The maximum absolute atomic E-state index is 11.3. The fourth-order valence-corrected chi connectivity index (χ4v) is 1.72. The predicted octanol–water partition coefficient (Wildman–Crippen LogP) is 2.15. The number of hydrogen-bond donors (Lipinski definition) is 1. The van der Waals surface area contributed by atoms with Gasteiger partial charge >= 0.3 is 0 Å². The van der Waals surface area contributed by atoms with Crippen LogP contribution in [0.3, 0.4) is 0 Å². The van der Waals surface area contributed by atoms with Gasteiger partial charge in [0.1, 0.15) is 0 Å². The topological polar surface area (TPSA) is 29.1 Å². The van der Waals surface area contributed by atoms with Gasteiger partial charge < -0.3 is 5.32 Å². The second-order valence-electron chi connectivity index (χ2n) is 2.24. The summed E-state index contributed by atoms with van der Waals surface area (Å²) in [6, 6.07) is 1.64. The van der Waals surface area contributed by atoms with Crippen molar-refractivity contribution in [3.63, 3.8) is 0 Å². The van der Waals surface area contributed by atoms with E-state index in [0.717, 1.165) is 0 Å². The predicted molar refractivity (Wildman–Crippen MR) is 55.1 cm³/mol.